The first kappa shape index (κ1) is 28.9. The minimum absolute atomic E-state index is 0.0456. The van der Waals surface area contributed by atoms with Gasteiger partial charge in [0.25, 0.3) is 0 Å². The lowest BCUT2D eigenvalue weighted by Crippen LogP contribution is -2.49. The molecule has 0 bridgehead atoms. The number of allylic oxidation sites excluding steroid dienone is 1. The van der Waals surface area contributed by atoms with Crippen LogP contribution < -0.4 is 0 Å². The van der Waals surface area contributed by atoms with E-state index in [-0.39, 0.29) is 18.4 Å². The second-order valence-corrected chi connectivity index (χ2v) is 10.9. The summed E-state index contributed by atoms with van der Waals surface area (Å²) in [5.41, 5.74) is -1.81. The second kappa shape index (κ2) is 9.26. The number of hydrogen-bond donors (Lipinski definition) is 1. The maximum atomic E-state index is 12.2. The van der Waals surface area contributed by atoms with Gasteiger partial charge in [-0.05, 0) is 26.8 Å². The number of esters is 1. The number of nitriles is 1. The molecule has 180 valence electrons. The van der Waals surface area contributed by atoms with Gasteiger partial charge in [-0.2, -0.15) is 10.4 Å². The molecule has 14 radical (unpaired) electrons. The predicted molar refractivity (Wildman–Crippen MR) is 151 cm³/mol. The Morgan fingerprint density at radius 3 is 2.41 bits per heavy atom. The Balaban J connectivity index is 1.74. The van der Waals surface area contributed by atoms with Crippen LogP contribution >= 0.6 is 0 Å². The average molecular weight is 503 g/mol. The number of rotatable bonds is 5. The molecule has 1 fully saturated rings. The van der Waals surface area contributed by atoms with Crippen LogP contribution in [0.3, 0.4) is 0 Å². The monoisotopic (exact) mass is 504 g/mol. The van der Waals surface area contributed by atoms with E-state index in [0.717, 1.165) is 6.08 Å². The Morgan fingerprint density at radius 1 is 1.18 bits per heavy atom. The minimum atomic E-state index is -2.56. The lowest BCUT2D eigenvalue weighted by Gasteiger charge is -2.50. The Morgan fingerprint density at radius 2 is 1.85 bits per heavy atom. The smallest absolute Gasteiger partial charge is 0.312 e. The average Bonchev–Trinajstić information content (AvgIpc) is 3.49. The topological polar surface area (TPSA) is 119 Å². The number of carbonyl (C=O) groups is 1. The maximum absolute atomic E-state index is 12.2. The van der Waals surface area contributed by atoms with Crippen LogP contribution in [-0.2, 0) is 16.3 Å². The summed E-state index contributed by atoms with van der Waals surface area (Å²) in [6.07, 6.45) is 7.05. The number of fused-ring (bicyclic) bond motifs is 1. The van der Waals surface area contributed by atoms with Gasteiger partial charge in [0.1, 0.15) is 19.8 Å². The van der Waals surface area contributed by atoms with Crippen LogP contribution in [0.2, 0.25) is 15.6 Å². The molecule has 3 aromatic heterocycles. The minimum Gasteiger partial charge on any atom is -0.443 e. The van der Waals surface area contributed by atoms with Crippen LogP contribution in [0.1, 0.15) is 20.8 Å². The Kier molecular flexibility index (Phi) is 6.87. The molecule has 1 aliphatic rings. The molecule has 0 saturated heterocycles. The van der Waals surface area contributed by atoms with Crippen molar-refractivity contribution in [2.75, 3.05) is 0 Å². The summed E-state index contributed by atoms with van der Waals surface area (Å²) in [4.78, 5) is 20.9. The fourth-order valence-corrected chi connectivity index (χ4v) is 4.62. The maximum Gasteiger partial charge on any atom is 0.312 e. The molecule has 3 aromatic rings. The van der Waals surface area contributed by atoms with Gasteiger partial charge in [0.15, 0.2) is 6.73 Å². The lowest BCUT2D eigenvalue weighted by atomic mass is 9.20. The highest BCUT2D eigenvalue weighted by atomic mass is 16.5. The van der Waals surface area contributed by atoms with Gasteiger partial charge in [-0.1, -0.05) is 10.4 Å². The molecule has 0 spiro atoms. The zero-order chi connectivity index (χ0) is 29.2. The highest BCUT2D eigenvalue weighted by Gasteiger charge is 2.67. The van der Waals surface area contributed by atoms with Gasteiger partial charge in [-0.3, -0.25) is 9.36 Å². The van der Waals surface area contributed by atoms with Crippen molar-refractivity contribution >= 4 is 77.6 Å². The molecule has 2 atom stereocenters. The Hall–Kier alpha value is -3.06. The summed E-state index contributed by atoms with van der Waals surface area (Å²) in [5, 5.41) is 18.8. The van der Waals surface area contributed by atoms with Crippen molar-refractivity contribution in [3.63, 3.8) is 0 Å². The first-order valence-electron chi connectivity index (χ1n) is 11.8. The fourth-order valence-electron chi connectivity index (χ4n) is 4.62. The van der Waals surface area contributed by atoms with Crippen LogP contribution in [-0.4, -0.2) is 95.8 Å². The Labute approximate surface area is 236 Å². The van der Waals surface area contributed by atoms with Crippen LogP contribution in [0.4, 0.5) is 0 Å². The molecule has 1 N–H and O–H groups in total. The van der Waals surface area contributed by atoms with Crippen molar-refractivity contribution in [3.8, 4) is 17.3 Å². The first-order valence-corrected chi connectivity index (χ1v) is 11.8. The highest BCUT2D eigenvalue weighted by molar-refractivity contribution is 6.65. The summed E-state index contributed by atoms with van der Waals surface area (Å²) in [6.45, 7) is 5.23. The van der Waals surface area contributed by atoms with Gasteiger partial charge in [0.05, 0.1) is 76.1 Å². The summed E-state index contributed by atoms with van der Waals surface area (Å²) in [7, 11) is 42.9. The molecule has 39 heavy (non-hydrogen) atoms. The summed E-state index contributed by atoms with van der Waals surface area (Å²) in [6, 6.07) is 3.61. The second-order valence-electron chi connectivity index (χ2n) is 10.9. The summed E-state index contributed by atoms with van der Waals surface area (Å²) < 4.78 is 8.29. The molecule has 0 amide bonds. The van der Waals surface area contributed by atoms with E-state index in [2.05, 4.69) is 15.1 Å². The highest BCUT2D eigenvalue weighted by Crippen LogP contribution is 2.74. The van der Waals surface area contributed by atoms with Gasteiger partial charge in [-0.25, -0.2) is 14.6 Å². The number of carbonyl (C=O) groups excluding carboxylic acids is 1. The van der Waals surface area contributed by atoms with Crippen molar-refractivity contribution in [2.45, 2.75) is 48.6 Å². The van der Waals surface area contributed by atoms with Crippen molar-refractivity contribution in [3.05, 3.63) is 37.1 Å². The molecule has 9 nitrogen and oxygen atoms in total. The quantitative estimate of drug-likeness (QED) is 0.297. The third-order valence-corrected chi connectivity index (χ3v) is 7.11. The normalized spacial score (nSPS) is 23.9. The predicted octanol–water partition coefficient (Wildman–Crippen LogP) is 0.0526. The standard InChI is InChI=1S/C23H19B7N6O3/c1-19(2,3)18(37)39-11-35-7-5-13-15(32-10-33-17(13)35)12-8-34-36(9-12)14(4-6-31)16-20(24,25)22(27,28)23(29,30)21(16,26)38/h4-5,7-10,16,38H,11H2,1-3H3/b14-4-. The molecule has 3 heterocycles. The molecule has 1 saturated carbocycles. The lowest BCUT2D eigenvalue weighted by molar-refractivity contribution is -0.156. The fraction of sp³-hybridized carbons (Fsp3) is 0.435. The third kappa shape index (κ3) is 4.30. The third-order valence-electron chi connectivity index (χ3n) is 7.11. The zero-order valence-electron chi connectivity index (χ0n) is 21.7. The number of hydrogen-bond acceptors (Lipinski definition) is 7. The van der Waals surface area contributed by atoms with E-state index in [4.69, 9.17) is 59.7 Å². The van der Waals surface area contributed by atoms with Crippen LogP contribution in [0.25, 0.3) is 28.0 Å². The zero-order valence-corrected chi connectivity index (χ0v) is 21.7. The van der Waals surface area contributed by atoms with Crippen molar-refractivity contribution in [1.29, 1.82) is 5.26 Å². The molecule has 0 aromatic carbocycles. The number of ether oxygens (including phenoxy) is 1. The van der Waals surface area contributed by atoms with Crippen molar-refractivity contribution in [2.24, 2.45) is 11.3 Å². The largest absolute Gasteiger partial charge is 0.443 e. The van der Waals surface area contributed by atoms with Gasteiger partial charge >= 0.3 is 5.97 Å². The van der Waals surface area contributed by atoms with Crippen molar-refractivity contribution < 1.29 is 14.6 Å². The van der Waals surface area contributed by atoms with E-state index < -0.39 is 32.5 Å². The van der Waals surface area contributed by atoms with Crippen LogP contribution in [0.5, 0.6) is 0 Å². The number of aromatic nitrogens is 5. The number of aliphatic hydroxyl groups is 1. The van der Waals surface area contributed by atoms with E-state index >= 15 is 0 Å². The van der Waals surface area contributed by atoms with Crippen LogP contribution in [0, 0.1) is 22.7 Å². The van der Waals surface area contributed by atoms with Gasteiger partial charge in [-0.15, -0.1) is 5.21 Å². The molecular weight excluding hydrogens is 484 g/mol. The molecule has 1 aliphatic carbocycles. The van der Waals surface area contributed by atoms with E-state index in [1.807, 2.05) is 6.07 Å². The Bertz CT molecular complexity index is 1490. The summed E-state index contributed by atoms with van der Waals surface area (Å²) in [5.74, 6) is -1.90. The number of nitrogens with zero attached hydrogens (tertiary/aromatic N) is 6. The van der Waals surface area contributed by atoms with E-state index in [9.17, 15) is 15.2 Å². The molecular formula is C23H19B7N6O3. The van der Waals surface area contributed by atoms with Gasteiger partial charge in [0, 0.05) is 40.8 Å². The van der Waals surface area contributed by atoms with Crippen molar-refractivity contribution in [1.82, 2.24) is 24.3 Å². The van der Waals surface area contributed by atoms with Gasteiger partial charge < -0.3 is 9.84 Å². The van der Waals surface area contributed by atoms with Gasteiger partial charge in [0.2, 0.25) is 0 Å². The van der Waals surface area contributed by atoms with E-state index in [1.54, 1.807) is 37.6 Å². The molecule has 16 heteroatoms. The molecule has 2 unspecified atom stereocenters. The summed E-state index contributed by atoms with van der Waals surface area (Å²) >= 11 is 0. The van der Waals surface area contributed by atoms with Crippen LogP contribution in [0.15, 0.2) is 37.1 Å². The van der Waals surface area contributed by atoms with E-state index in [0.29, 0.717) is 22.3 Å². The van der Waals surface area contributed by atoms with E-state index in [1.165, 1.54) is 23.4 Å². The molecule has 0 aliphatic heterocycles. The molecule has 4 rings (SSSR count). The first-order chi connectivity index (χ1) is 17.9. The SMILES string of the molecule is [B]C1([B])C(/C(=C/C#N)n2cc(-c3ncnc4c3ccn4COC(=O)C(C)(C)C)cn2)C([B])(O)C([B])([B])C1([B])[B].